The van der Waals surface area contributed by atoms with Gasteiger partial charge < -0.3 is 14.2 Å². The molecular weight excluding hydrogens is 408 g/mol. The number of benzene rings is 4. The first kappa shape index (κ1) is 21.6. The summed E-state index contributed by atoms with van der Waals surface area (Å²) >= 11 is 0. The van der Waals surface area contributed by atoms with Gasteiger partial charge in [0.25, 0.3) is 0 Å². The van der Waals surface area contributed by atoms with E-state index in [0.717, 1.165) is 28.7 Å². The Morgan fingerprint density at radius 3 is 1.58 bits per heavy atom. The normalized spacial score (nSPS) is 18.7. The van der Waals surface area contributed by atoms with Gasteiger partial charge in [-0.05, 0) is 23.1 Å². The molecule has 166 valence electrons. The number of rotatable bonds is 7. The number of hydrogen-bond acceptors (Lipinski definition) is 3. The standard InChI is InChI=1S/C30H28O3/c1-5-13-24(14-6-1)29-31-22-21-28(33-29)23-32-30(25-15-7-2-8-16-25,26-17-9-3-10-18-26)27-19-11-4-12-20-27/h1-20,28-29H,21-23H2/t28-,29-/m0/s1. The van der Waals surface area contributed by atoms with Crippen LogP contribution < -0.4 is 0 Å². The maximum atomic E-state index is 6.93. The zero-order valence-electron chi connectivity index (χ0n) is 18.5. The van der Waals surface area contributed by atoms with Crippen molar-refractivity contribution in [3.05, 3.63) is 144 Å². The van der Waals surface area contributed by atoms with E-state index in [-0.39, 0.29) is 12.4 Å². The predicted molar refractivity (Wildman–Crippen MR) is 130 cm³/mol. The summed E-state index contributed by atoms with van der Waals surface area (Å²) in [7, 11) is 0. The lowest BCUT2D eigenvalue weighted by Gasteiger charge is -2.38. The molecule has 1 heterocycles. The first-order valence-corrected chi connectivity index (χ1v) is 11.5. The molecule has 1 fully saturated rings. The fourth-order valence-corrected chi connectivity index (χ4v) is 4.48. The quantitative estimate of drug-likeness (QED) is 0.310. The zero-order chi connectivity index (χ0) is 22.3. The van der Waals surface area contributed by atoms with E-state index in [2.05, 4.69) is 72.8 Å². The lowest BCUT2D eigenvalue weighted by Crippen LogP contribution is -2.38. The highest BCUT2D eigenvalue weighted by Gasteiger charge is 2.39. The van der Waals surface area contributed by atoms with Gasteiger partial charge in [-0.1, -0.05) is 121 Å². The Balaban J connectivity index is 1.49. The van der Waals surface area contributed by atoms with E-state index in [9.17, 15) is 0 Å². The largest absolute Gasteiger partial charge is 0.358 e. The Labute approximate surface area is 195 Å². The highest BCUT2D eigenvalue weighted by Crippen LogP contribution is 2.41. The van der Waals surface area contributed by atoms with Crippen molar-refractivity contribution in [1.29, 1.82) is 0 Å². The smallest absolute Gasteiger partial charge is 0.184 e. The minimum absolute atomic E-state index is 0.0699. The van der Waals surface area contributed by atoms with Crippen molar-refractivity contribution >= 4 is 0 Å². The molecule has 4 aromatic carbocycles. The highest BCUT2D eigenvalue weighted by molar-refractivity contribution is 5.47. The summed E-state index contributed by atoms with van der Waals surface area (Å²) in [5.74, 6) is 0. The fourth-order valence-electron chi connectivity index (χ4n) is 4.48. The molecular formula is C30H28O3. The van der Waals surface area contributed by atoms with Gasteiger partial charge >= 0.3 is 0 Å². The van der Waals surface area contributed by atoms with E-state index in [0.29, 0.717) is 13.2 Å². The molecule has 0 spiro atoms. The molecule has 4 aromatic rings. The minimum Gasteiger partial charge on any atom is -0.358 e. The number of hydrogen-bond donors (Lipinski definition) is 0. The van der Waals surface area contributed by atoms with Gasteiger partial charge in [-0.25, -0.2) is 0 Å². The van der Waals surface area contributed by atoms with Gasteiger partial charge in [0.1, 0.15) is 5.60 Å². The van der Waals surface area contributed by atoms with Crippen LogP contribution in [0.1, 0.15) is 35.0 Å². The Bertz CT molecular complexity index is 1020. The molecule has 1 aliphatic heterocycles. The van der Waals surface area contributed by atoms with Crippen LogP contribution in [0.5, 0.6) is 0 Å². The second kappa shape index (κ2) is 10.1. The molecule has 2 atom stereocenters. The first-order valence-electron chi connectivity index (χ1n) is 11.5. The average molecular weight is 437 g/mol. The first-order chi connectivity index (χ1) is 16.4. The third-order valence-corrected chi connectivity index (χ3v) is 6.12. The molecule has 5 rings (SSSR count). The molecule has 3 heteroatoms. The molecule has 0 amide bonds. The number of ether oxygens (including phenoxy) is 3. The molecule has 3 nitrogen and oxygen atoms in total. The van der Waals surface area contributed by atoms with Crippen molar-refractivity contribution in [2.45, 2.75) is 24.4 Å². The molecule has 0 N–H and O–H groups in total. The summed E-state index contributed by atoms with van der Waals surface area (Å²) in [6.07, 6.45) is 0.352. The molecule has 0 saturated carbocycles. The molecule has 1 aliphatic rings. The van der Waals surface area contributed by atoms with E-state index < -0.39 is 5.60 Å². The Kier molecular flexibility index (Phi) is 6.63. The predicted octanol–water partition coefficient (Wildman–Crippen LogP) is 6.50. The van der Waals surface area contributed by atoms with Crippen LogP contribution >= 0.6 is 0 Å². The van der Waals surface area contributed by atoms with Crippen LogP contribution in [-0.2, 0) is 19.8 Å². The van der Waals surface area contributed by atoms with Crippen molar-refractivity contribution in [3.8, 4) is 0 Å². The zero-order valence-corrected chi connectivity index (χ0v) is 18.5. The van der Waals surface area contributed by atoms with E-state index >= 15 is 0 Å². The second-order valence-electron chi connectivity index (χ2n) is 8.25. The Morgan fingerprint density at radius 1 is 0.636 bits per heavy atom. The van der Waals surface area contributed by atoms with Gasteiger partial charge in [-0.3, -0.25) is 0 Å². The van der Waals surface area contributed by atoms with Gasteiger partial charge in [0.2, 0.25) is 0 Å². The SMILES string of the molecule is c1ccc([C@H]2OCC[C@@H](COC(c3ccccc3)(c3ccccc3)c3ccccc3)O2)cc1. The lowest BCUT2D eigenvalue weighted by molar-refractivity contribution is -0.232. The molecule has 0 unspecified atom stereocenters. The van der Waals surface area contributed by atoms with E-state index in [1.165, 1.54) is 0 Å². The van der Waals surface area contributed by atoms with Crippen LogP contribution in [-0.4, -0.2) is 19.3 Å². The van der Waals surface area contributed by atoms with Crippen LogP contribution in [0, 0.1) is 0 Å². The maximum absolute atomic E-state index is 6.93. The van der Waals surface area contributed by atoms with Gasteiger partial charge in [0.15, 0.2) is 6.29 Å². The summed E-state index contributed by atoms with van der Waals surface area (Å²) < 4.78 is 19.2. The maximum Gasteiger partial charge on any atom is 0.184 e. The van der Waals surface area contributed by atoms with Crippen molar-refractivity contribution in [2.24, 2.45) is 0 Å². The van der Waals surface area contributed by atoms with Gasteiger partial charge in [0.05, 0.1) is 19.3 Å². The van der Waals surface area contributed by atoms with Crippen molar-refractivity contribution < 1.29 is 14.2 Å². The van der Waals surface area contributed by atoms with E-state index in [4.69, 9.17) is 14.2 Å². The van der Waals surface area contributed by atoms with Crippen LogP contribution in [0.4, 0.5) is 0 Å². The molecule has 0 aliphatic carbocycles. The Hall–Kier alpha value is -3.24. The van der Waals surface area contributed by atoms with Crippen LogP contribution in [0.3, 0.4) is 0 Å². The van der Waals surface area contributed by atoms with Gasteiger partial charge in [-0.2, -0.15) is 0 Å². The van der Waals surface area contributed by atoms with Crippen LogP contribution in [0.2, 0.25) is 0 Å². The monoisotopic (exact) mass is 436 g/mol. The second-order valence-corrected chi connectivity index (χ2v) is 8.25. The minimum atomic E-state index is -0.742. The molecule has 1 saturated heterocycles. The molecule has 33 heavy (non-hydrogen) atoms. The third-order valence-electron chi connectivity index (χ3n) is 6.12. The third kappa shape index (κ3) is 4.62. The summed E-state index contributed by atoms with van der Waals surface area (Å²) in [5, 5.41) is 0. The Morgan fingerprint density at radius 2 is 1.09 bits per heavy atom. The summed E-state index contributed by atoms with van der Waals surface area (Å²) in [6.45, 7) is 1.09. The van der Waals surface area contributed by atoms with Gasteiger partial charge in [0, 0.05) is 5.56 Å². The summed E-state index contributed by atoms with van der Waals surface area (Å²) in [5.41, 5.74) is 3.56. The summed E-state index contributed by atoms with van der Waals surface area (Å²) in [6, 6.07) is 41.4. The van der Waals surface area contributed by atoms with Crippen molar-refractivity contribution in [3.63, 3.8) is 0 Å². The summed E-state index contributed by atoms with van der Waals surface area (Å²) in [4.78, 5) is 0. The average Bonchev–Trinajstić information content (AvgIpc) is 2.92. The fraction of sp³-hybridized carbons (Fsp3) is 0.200. The van der Waals surface area contributed by atoms with Crippen molar-refractivity contribution in [2.75, 3.05) is 13.2 Å². The molecule has 0 aromatic heterocycles. The molecule has 0 radical (unpaired) electrons. The van der Waals surface area contributed by atoms with Crippen molar-refractivity contribution in [1.82, 2.24) is 0 Å². The van der Waals surface area contributed by atoms with E-state index in [1.54, 1.807) is 0 Å². The van der Waals surface area contributed by atoms with Crippen LogP contribution in [0.25, 0.3) is 0 Å². The molecule has 0 bridgehead atoms. The van der Waals surface area contributed by atoms with Gasteiger partial charge in [-0.15, -0.1) is 0 Å². The lowest BCUT2D eigenvalue weighted by atomic mass is 9.80. The van der Waals surface area contributed by atoms with E-state index in [1.807, 2.05) is 48.5 Å². The highest BCUT2D eigenvalue weighted by atomic mass is 16.7. The topological polar surface area (TPSA) is 27.7 Å². The van der Waals surface area contributed by atoms with Crippen LogP contribution in [0.15, 0.2) is 121 Å².